The fraction of sp³-hybridized carbons (Fsp3) is 0.143. The number of halogens is 3. The van der Waals surface area contributed by atoms with Gasteiger partial charge in [-0.3, -0.25) is 18.7 Å². The number of aryl methyl sites for hydroxylation is 1. The second kappa shape index (κ2) is 8.32. The minimum atomic E-state index is -4.76. The number of nitrogens with one attached hydrogen (secondary N) is 1. The Labute approximate surface area is 188 Å². The topological polar surface area (TPSA) is 128 Å². The van der Waals surface area contributed by atoms with Crippen molar-refractivity contribution in [2.45, 2.75) is 12.7 Å². The van der Waals surface area contributed by atoms with E-state index >= 15 is 0 Å². The number of aromatic nitrogens is 5. The molecule has 0 aliphatic rings. The van der Waals surface area contributed by atoms with E-state index < -0.39 is 41.2 Å². The molecule has 172 valence electrons. The van der Waals surface area contributed by atoms with Gasteiger partial charge in [0.2, 0.25) is 5.91 Å². The number of rotatable bonds is 4. The molecule has 0 saturated heterocycles. The van der Waals surface area contributed by atoms with Crippen LogP contribution >= 0.6 is 0 Å². The molecular weight excluding hydrogens is 455 g/mol. The van der Waals surface area contributed by atoms with E-state index in [-0.39, 0.29) is 16.8 Å². The zero-order chi connectivity index (χ0) is 24.6. The predicted molar refractivity (Wildman–Crippen MR) is 113 cm³/mol. The van der Waals surface area contributed by atoms with Gasteiger partial charge in [0, 0.05) is 7.05 Å². The summed E-state index contributed by atoms with van der Waals surface area (Å²) in [5.41, 5.74) is -3.15. The molecule has 0 atom stereocenters. The number of alkyl halides is 3. The highest BCUT2D eigenvalue weighted by atomic mass is 19.4. The van der Waals surface area contributed by atoms with Crippen molar-refractivity contribution in [2.24, 2.45) is 7.05 Å². The summed E-state index contributed by atoms with van der Waals surface area (Å²) in [4.78, 5) is 41.6. The lowest BCUT2D eigenvalue weighted by atomic mass is 10.2. The first-order valence-corrected chi connectivity index (χ1v) is 9.63. The van der Waals surface area contributed by atoms with Gasteiger partial charge in [0.05, 0.1) is 17.3 Å². The van der Waals surface area contributed by atoms with E-state index in [4.69, 9.17) is 0 Å². The predicted octanol–water partition coefficient (Wildman–Crippen LogP) is 1.81. The number of carbonyl (C=O) groups is 1. The van der Waals surface area contributed by atoms with Gasteiger partial charge in [-0.05, 0) is 24.3 Å². The fourth-order valence-corrected chi connectivity index (χ4v) is 3.30. The third-order valence-corrected chi connectivity index (χ3v) is 4.93. The normalized spacial score (nSPS) is 11.4. The molecule has 0 saturated carbocycles. The minimum absolute atomic E-state index is 0.0286. The van der Waals surface area contributed by atoms with Crippen LogP contribution in [0.2, 0.25) is 0 Å². The van der Waals surface area contributed by atoms with Crippen molar-refractivity contribution in [3.05, 3.63) is 80.8 Å². The number of amides is 1. The summed E-state index contributed by atoms with van der Waals surface area (Å²) in [5.74, 6) is -0.798. The number of nitrogens with zero attached hydrogens (tertiary/aromatic N) is 6. The van der Waals surface area contributed by atoms with E-state index in [0.717, 1.165) is 17.7 Å². The Morgan fingerprint density at radius 3 is 2.50 bits per heavy atom. The molecule has 4 rings (SSSR count). The summed E-state index contributed by atoms with van der Waals surface area (Å²) >= 11 is 0. The molecule has 13 heteroatoms. The summed E-state index contributed by atoms with van der Waals surface area (Å²) in [5, 5.41) is 15.6. The zero-order valence-corrected chi connectivity index (χ0v) is 17.4. The summed E-state index contributed by atoms with van der Waals surface area (Å²) in [6.07, 6.45) is -3.52. The van der Waals surface area contributed by atoms with Gasteiger partial charge in [0.1, 0.15) is 29.5 Å². The largest absolute Gasteiger partial charge is 0.433 e. The molecule has 3 aromatic heterocycles. The number of hydrogen-bond acceptors (Lipinski definition) is 6. The number of pyridine rings is 1. The van der Waals surface area contributed by atoms with Crippen molar-refractivity contribution >= 4 is 22.8 Å². The lowest BCUT2D eigenvalue weighted by Gasteiger charge is -2.13. The molecule has 4 aromatic rings. The quantitative estimate of drug-likeness (QED) is 0.486. The summed E-state index contributed by atoms with van der Waals surface area (Å²) in [6.45, 7) is -0.757. The molecule has 0 spiro atoms. The first-order valence-electron chi connectivity index (χ1n) is 9.63. The Balaban J connectivity index is 1.72. The van der Waals surface area contributed by atoms with E-state index in [1.54, 1.807) is 30.3 Å². The first-order chi connectivity index (χ1) is 16.1. The highest BCUT2D eigenvalue weighted by Gasteiger charge is 2.33. The Bertz CT molecular complexity index is 1580. The SMILES string of the molecule is Cn1c(=O)n(CC(=O)Nc2c(C#N)cnn2-c2ccccc2)c(=O)c2ccc(C(F)(F)F)nc21. The molecule has 3 heterocycles. The Morgan fingerprint density at radius 2 is 1.85 bits per heavy atom. The molecule has 1 aromatic carbocycles. The van der Waals surface area contributed by atoms with Crippen LogP contribution < -0.4 is 16.6 Å². The summed E-state index contributed by atoms with van der Waals surface area (Å²) in [7, 11) is 1.14. The smallest absolute Gasteiger partial charge is 0.308 e. The molecule has 0 unspecified atom stereocenters. The number of hydrogen-bond donors (Lipinski definition) is 1. The number of benzene rings is 1. The van der Waals surface area contributed by atoms with Crippen LogP contribution in [0.5, 0.6) is 0 Å². The van der Waals surface area contributed by atoms with Crippen molar-refractivity contribution in [1.29, 1.82) is 5.26 Å². The highest BCUT2D eigenvalue weighted by molar-refractivity contribution is 5.91. The van der Waals surface area contributed by atoms with Crippen LogP contribution in [0.4, 0.5) is 19.0 Å². The van der Waals surface area contributed by atoms with Crippen LogP contribution in [0.3, 0.4) is 0 Å². The molecular formula is C21H14F3N7O3. The van der Waals surface area contributed by atoms with Crippen LogP contribution in [0.25, 0.3) is 16.7 Å². The van der Waals surface area contributed by atoms with Crippen LogP contribution in [0, 0.1) is 11.3 Å². The zero-order valence-electron chi connectivity index (χ0n) is 17.4. The van der Waals surface area contributed by atoms with E-state index in [0.29, 0.717) is 16.3 Å². The van der Waals surface area contributed by atoms with Crippen LogP contribution in [-0.4, -0.2) is 29.8 Å². The van der Waals surface area contributed by atoms with Gasteiger partial charge in [-0.1, -0.05) is 18.2 Å². The molecule has 0 bridgehead atoms. The van der Waals surface area contributed by atoms with Crippen molar-refractivity contribution in [3.8, 4) is 11.8 Å². The standard InChI is InChI=1S/C21H14F3N7O3/c1-29-18-14(7-8-15(27-18)21(22,23)24)19(33)30(20(29)34)11-16(32)28-17-12(9-25)10-26-31(17)13-5-3-2-4-6-13/h2-8,10H,11H2,1H3,(H,28,32). The third kappa shape index (κ3) is 3.92. The number of anilines is 1. The highest BCUT2D eigenvalue weighted by Crippen LogP contribution is 2.28. The Kier molecular flexibility index (Phi) is 5.50. The van der Waals surface area contributed by atoms with E-state index in [2.05, 4.69) is 15.4 Å². The third-order valence-electron chi connectivity index (χ3n) is 4.93. The molecule has 0 fully saturated rings. The van der Waals surface area contributed by atoms with E-state index in [9.17, 15) is 32.8 Å². The van der Waals surface area contributed by atoms with Crippen LogP contribution in [0.15, 0.2) is 58.3 Å². The average Bonchev–Trinajstić information content (AvgIpc) is 3.22. The maximum Gasteiger partial charge on any atom is 0.433 e. The monoisotopic (exact) mass is 469 g/mol. The lowest BCUT2D eigenvalue weighted by molar-refractivity contribution is -0.141. The summed E-state index contributed by atoms with van der Waals surface area (Å²) in [6, 6.07) is 12.0. The first kappa shape index (κ1) is 22.5. The average molecular weight is 469 g/mol. The van der Waals surface area contributed by atoms with Crippen LogP contribution in [-0.2, 0) is 24.6 Å². The molecule has 0 radical (unpaired) electrons. The van der Waals surface area contributed by atoms with Crippen molar-refractivity contribution in [2.75, 3.05) is 5.32 Å². The molecule has 0 aliphatic carbocycles. The molecule has 34 heavy (non-hydrogen) atoms. The van der Waals surface area contributed by atoms with Crippen molar-refractivity contribution < 1.29 is 18.0 Å². The van der Waals surface area contributed by atoms with E-state index in [1.807, 2.05) is 6.07 Å². The lowest BCUT2D eigenvalue weighted by Crippen LogP contribution is -2.42. The number of carbonyl (C=O) groups excluding carboxylic acids is 1. The van der Waals surface area contributed by atoms with Crippen molar-refractivity contribution in [3.63, 3.8) is 0 Å². The van der Waals surface area contributed by atoms with Gasteiger partial charge in [-0.25, -0.2) is 14.5 Å². The van der Waals surface area contributed by atoms with Gasteiger partial charge in [-0.2, -0.15) is 23.5 Å². The Hall–Kier alpha value is -4.73. The molecule has 1 amide bonds. The summed E-state index contributed by atoms with van der Waals surface area (Å²) < 4.78 is 41.6. The van der Waals surface area contributed by atoms with Crippen molar-refractivity contribution in [1.82, 2.24) is 23.9 Å². The van der Waals surface area contributed by atoms with E-state index in [1.165, 1.54) is 10.9 Å². The fourth-order valence-electron chi connectivity index (χ4n) is 3.30. The molecule has 0 aliphatic heterocycles. The molecule has 1 N–H and O–H groups in total. The van der Waals surface area contributed by atoms with Gasteiger partial charge >= 0.3 is 11.9 Å². The minimum Gasteiger partial charge on any atom is -0.308 e. The van der Waals surface area contributed by atoms with Gasteiger partial charge in [0.25, 0.3) is 5.56 Å². The van der Waals surface area contributed by atoms with Gasteiger partial charge in [0.15, 0.2) is 5.82 Å². The van der Waals surface area contributed by atoms with Crippen LogP contribution in [0.1, 0.15) is 11.3 Å². The Morgan fingerprint density at radius 1 is 1.15 bits per heavy atom. The number of para-hydroxylation sites is 1. The van der Waals surface area contributed by atoms with Gasteiger partial charge in [-0.15, -0.1) is 0 Å². The number of fused-ring (bicyclic) bond motifs is 1. The maximum absolute atomic E-state index is 13.0. The van der Waals surface area contributed by atoms with Gasteiger partial charge < -0.3 is 5.32 Å². The second-order valence-electron chi connectivity index (χ2n) is 7.11. The molecule has 10 nitrogen and oxygen atoms in total. The second-order valence-corrected chi connectivity index (χ2v) is 7.11. The maximum atomic E-state index is 13.0. The number of nitriles is 1.